The molecule has 1 aromatic carbocycles. The van der Waals surface area contributed by atoms with Crippen LogP contribution < -0.4 is 15.2 Å². The minimum absolute atomic E-state index is 0.0459. The van der Waals surface area contributed by atoms with Gasteiger partial charge in [-0.05, 0) is 43.4 Å². The number of carbonyl (C=O) groups is 2. The summed E-state index contributed by atoms with van der Waals surface area (Å²) in [6.45, 7) is 0. The van der Waals surface area contributed by atoms with Gasteiger partial charge in [-0.1, -0.05) is 23.9 Å². The van der Waals surface area contributed by atoms with E-state index in [4.69, 9.17) is 4.74 Å². The Morgan fingerprint density at radius 2 is 2.00 bits per heavy atom. The second-order valence-electron chi connectivity index (χ2n) is 7.31. The largest absolute Gasteiger partial charge is 0.495 e. The van der Waals surface area contributed by atoms with Crippen molar-refractivity contribution in [3.8, 4) is 5.75 Å². The zero-order chi connectivity index (χ0) is 20.8. The van der Waals surface area contributed by atoms with E-state index >= 15 is 0 Å². The fourth-order valence-electron chi connectivity index (χ4n) is 4.10. The number of fused-ring (bicyclic) bond motifs is 3. The maximum atomic E-state index is 13.0. The number of nitrogens with one attached hydrogen (secondary N) is 1. The van der Waals surface area contributed by atoms with Crippen LogP contribution in [0.25, 0.3) is 10.2 Å². The number of ether oxygens (including phenoxy) is 1. The Kier molecular flexibility index (Phi) is 4.86. The van der Waals surface area contributed by atoms with Gasteiger partial charge in [-0.25, -0.2) is 9.88 Å². The van der Waals surface area contributed by atoms with Gasteiger partial charge in [0.15, 0.2) is 5.16 Å². The third kappa shape index (κ3) is 3.13. The molecule has 1 unspecified atom stereocenters. The molecule has 2 aliphatic rings. The minimum Gasteiger partial charge on any atom is -0.495 e. The number of imide groups is 1. The standard InChI is InChI=1S/C21H19N3O4S2/c1-28-13-8-4-3-7-12(13)24-16(25)10-15(20(24)27)30-21-22-18(26)17-11-6-2-5-9-14(11)29-19(17)23-21/h3-4,7-8,15H,2,5-6,9-10H2,1H3,(H,22,23,26). The molecule has 0 saturated carbocycles. The van der Waals surface area contributed by atoms with Crippen molar-refractivity contribution in [3.63, 3.8) is 0 Å². The number of hydrogen-bond donors (Lipinski definition) is 1. The molecule has 1 aliphatic heterocycles. The van der Waals surface area contributed by atoms with Gasteiger partial charge in [-0.3, -0.25) is 14.4 Å². The van der Waals surface area contributed by atoms with Crippen molar-refractivity contribution in [2.75, 3.05) is 12.0 Å². The number of nitrogens with zero attached hydrogens (tertiary/aromatic N) is 2. The molecule has 0 bridgehead atoms. The summed E-state index contributed by atoms with van der Waals surface area (Å²) in [6, 6.07) is 6.93. The van der Waals surface area contributed by atoms with E-state index in [0.717, 1.165) is 47.9 Å². The topological polar surface area (TPSA) is 92.4 Å². The highest BCUT2D eigenvalue weighted by atomic mass is 32.2. The van der Waals surface area contributed by atoms with Crippen LogP contribution >= 0.6 is 23.1 Å². The molecule has 1 fully saturated rings. The van der Waals surface area contributed by atoms with Crippen LogP contribution in [0.3, 0.4) is 0 Å². The van der Waals surface area contributed by atoms with Crippen LogP contribution in [0.1, 0.15) is 29.7 Å². The number of aromatic nitrogens is 2. The van der Waals surface area contributed by atoms with Crippen LogP contribution in [0.15, 0.2) is 34.2 Å². The van der Waals surface area contributed by atoms with Crippen molar-refractivity contribution < 1.29 is 14.3 Å². The van der Waals surface area contributed by atoms with E-state index in [1.165, 1.54) is 12.0 Å². The number of thioether (sulfide) groups is 1. The molecule has 7 nitrogen and oxygen atoms in total. The lowest BCUT2D eigenvalue weighted by Crippen LogP contribution is -2.31. The first kappa shape index (κ1) is 19.3. The maximum absolute atomic E-state index is 13.0. The van der Waals surface area contributed by atoms with Crippen molar-refractivity contribution >= 4 is 50.8 Å². The third-order valence-electron chi connectivity index (χ3n) is 5.49. The lowest BCUT2D eigenvalue weighted by Gasteiger charge is -2.17. The molecule has 2 aromatic heterocycles. The van der Waals surface area contributed by atoms with Gasteiger partial charge in [-0.2, -0.15) is 0 Å². The first-order chi connectivity index (χ1) is 14.6. The molecule has 9 heteroatoms. The van der Waals surface area contributed by atoms with Crippen molar-refractivity contribution in [1.82, 2.24) is 9.97 Å². The summed E-state index contributed by atoms with van der Waals surface area (Å²) in [5.41, 5.74) is 1.39. The number of benzene rings is 1. The quantitative estimate of drug-likeness (QED) is 0.493. The molecule has 154 valence electrons. The van der Waals surface area contributed by atoms with E-state index < -0.39 is 5.25 Å². The number of amides is 2. The van der Waals surface area contributed by atoms with Crippen LogP contribution in [-0.4, -0.2) is 34.1 Å². The summed E-state index contributed by atoms with van der Waals surface area (Å²) < 4.78 is 5.30. The summed E-state index contributed by atoms with van der Waals surface area (Å²) in [7, 11) is 1.50. The number of hydrogen-bond acceptors (Lipinski definition) is 7. The van der Waals surface area contributed by atoms with E-state index in [2.05, 4.69) is 9.97 Å². The Morgan fingerprint density at radius 3 is 2.83 bits per heavy atom. The zero-order valence-corrected chi connectivity index (χ0v) is 17.9. The molecule has 0 radical (unpaired) electrons. The van der Waals surface area contributed by atoms with Crippen molar-refractivity contribution in [3.05, 3.63) is 45.1 Å². The van der Waals surface area contributed by atoms with Gasteiger partial charge in [0, 0.05) is 11.3 Å². The Labute approximate surface area is 180 Å². The average molecular weight is 442 g/mol. The van der Waals surface area contributed by atoms with E-state index in [9.17, 15) is 14.4 Å². The summed E-state index contributed by atoms with van der Waals surface area (Å²) in [5, 5.41) is 0.417. The molecule has 5 rings (SSSR count). The van der Waals surface area contributed by atoms with E-state index in [0.29, 0.717) is 26.8 Å². The first-order valence-electron chi connectivity index (χ1n) is 9.78. The summed E-state index contributed by atoms with van der Waals surface area (Å²) in [5.74, 6) is -0.165. The number of carbonyl (C=O) groups excluding carboxylic acids is 2. The molecule has 1 atom stereocenters. The molecule has 1 aliphatic carbocycles. The summed E-state index contributed by atoms with van der Waals surface area (Å²) in [6.07, 6.45) is 4.17. The molecule has 1 N–H and O–H groups in total. The number of H-pyrrole nitrogens is 1. The highest BCUT2D eigenvalue weighted by molar-refractivity contribution is 8.00. The predicted octanol–water partition coefficient (Wildman–Crippen LogP) is 3.30. The van der Waals surface area contributed by atoms with E-state index in [-0.39, 0.29) is 23.8 Å². The smallest absolute Gasteiger partial charge is 0.260 e. The van der Waals surface area contributed by atoms with Crippen LogP contribution in [0.5, 0.6) is 5.75 Å². The van der Waals surface area contributed by atoms with Gasteiger partial charge in [0.05, 0.1) is 18.2 Å². The van der Waals surface area contributed by atoms with E-state index in [1.807, 2.05) is 0 Å². The Morgan fingerprint density at radius 1 is 1.20 bits per heavy atom. The van der Waals surface area contributed by atoms with Crippen LogP contribution in [-0.2, 0) is 22.4 Å². The normalized spacial score (nSPS) is 18.8. The number of anilines is 1. The van der Waals surface area contributed by atoms with Gasteiger partial charge in [-0.15, -0.1) is 11.3 Å². The molecular weight excluding hydrogens is 422 g/mol. The monoisotopic (exact) mass is 441 g/mol. The van der Waals surface area contributed by atoms with Crippen molar-refractivity contribution in [2.24, 2.45) is 0 Å². The number of aromatic amines is 1. The second kappa shape index (κ2) is 7.55. The van der Waals surface area contributed by atoms with E-state index in [1.54, 1.807) is 35.6 Å². The van der Waals surface area contributed by atoms with Crippen LogP contribution in [0.4, 0.5) is 5.69 Å². The predicted molar refractivity (Wildman–Crippen MR) is 117 cm³/mol. The van der Waals surface area contributed by atoms with Crippen molar-refractivity contribution in [1.29, 1.82) is 0 Å². The van der Waals surface area contributed by atoms with Gasteiger partial charge >= 0.3 is 0 Å². The lowest BCUT2D eigenvalue weighted by atomic mass is 9.97. The van der Waals surface area contributed by atoms with Gasteiger partial charge in [0.1, 0.15) is 15.8 Å². The Balaban J connectivity index is 1.45. The lowest BCUT2D eigenvalue weighted by molar-refractivity contribution is -0.121. The number of thiophene rings is 1. The average Bonchev–Trinajstić information content (AvgIpc) is 3.25. The molecule has 0 spiro atoms. The minimum atomic E-state index is -0.641. The molecule has 30 heavy (non-hydrogen) atoms. The van der Waals surface area contributed by atoms with Crippen molar-refractivity contribution in [2.45, 2.75) is 42.5 Å². The zero-order valence-electron chi connectivity index (χ0n) is 16.3. The molecule has 1 saturated heterocycles. The first-order valence-corrected chi connectivity index (χ1v) is 11.5. The van der Waals surface area contributed by atoms with Crippen LogP contribution in [0, 0.1) is 0 Å². The Bertz CT molecular complexity index is 1230. The van der Waals surface area contributed by atoms with Gasteiger partial charge in [0.2, 0.25) is 11.8 Å². The molecular formula is C21H19N3O4S2. The maximum Gasteiger partial charge on any atom is 0.260 e. The SMILES string of the molecule is COc1ccccc1N1C(=O)CC(Sc2nc3sc4c(c3c(=O)[nH]2)CCCC4)C1=O. The summed E-state index contributed by atoms with van der Waals surface area (Å²) >= 11 is 2.70. The summed E-state index contributed by atoms with van der Waals surface area (Å²) in [4.78, 5) is 48.9. The highest BCUT2D eigenvalue weighted by Gasteiger charge is 2.41. The fraction of sp³-hybridized carbons (Fsp3) is 0.333. The number of para-hydroxylation sites is 2. The van der Waals surface area contributed by atoms with Gasteiger partial charge in [0.25, 0.3) is 5.56 Å². The fourth-order valence-corrected chi connectivity index (χ4v) is 6.42. The Hall–Kier alpha value is -2.65. The van der Waals surface area contributed by atoms with Crippen LogP contribution in [0.2, 0.25) is 0 Å². The number of aryl methyl sites for hydroxylation is 2. The molecule has 2 amide bonds. The molecule has 3 heterocycles. The number of methoxy groups -OCH3 is 1. The molecule has 3 aromatic rings. The van der Waals surface area contributed by atoms with Gasteiger partial charge < -0.3 is 9.72 Å². The number of rotatable bonds is 4. The highest BCUT2D eigenvalue weighted by Crippen LogP contribution is 2.38. The second-order valence-corrected chi connectivity index (χ2v) is 9.59. The third-order valence-corrected chi connectivity index (χ3v) is 7.74.